The molecule has 1 atom stereocenters. The largest absolute Gasteiger partial charge is 0.462 e. The first-order valence-corrected chi connectivity index (χ1v) is 31.1. The molecule has 0 aromatic carbocycles. The summed E-state index contributed by atoms with van der Waals surface area (Å²) >= 11 is 0. The minimum absolute atomic E-state index is 0.0909. The lowest BCUT2D eigenvalue weighted by molar-refractivity contribution is -0.167. The highest BCUT2D eigenvalue weighted by molar-refractivity contribution is 5.71. The van der Waals surface area contributed by atoms with Gasteiger partial charge in [0.15, 0.2) is 6.10 Å². The summed E-state index contributed by atoms with van der Waals surface area (Å²) in [6.45, 7) is 6.62. The Kier molecular flexibility index (Phi) is 57.7. The van der Waals surface area contributed by atoms with Gasteiger partial charge in [-0.3, -0.25) is 14.4 Å². The molecule has 0 heterocycles. The maximum Gasteiger partial charge on any atom is 0.306 e. The third-order valence-electron chi connectivity index (χ3n) is 13.8. The molecule has 414 valence electrons. The zero-order valence-electron chi connectivity index (χ0n) is 47.5. The van der Waals surface area contributed by atoms with E-state index < -0.39 is 6.10 Å². The Morgan fingerprint density at radius 1 is 0.282 bits per heavy atom. The number of carbonyl (C=O) groups is 3. The van der Waals surface area contributed by atoms with Crippen LogP contribution in [0.25, 0.3) is 0 Å². The number of carbonyl (C=O) groups excluding carboxylic acids is 3. The normalized spacial score (nSPS) is 12.3. The van der Waals surface area contributed by atoms with Gasteiger partial charge in [-0.25, -0.2) is 0 Å². The Morgan fingerprint density at radius 2 is 0.521 bits per heavy atom. The van der Waals surface area contributed by atoms with E-state index >= 15 is 0 Å². The summed E-state index contributed by atoms with van der Waals surface area (Å²) in [5.41, 5.74) is 0. The van der Waals surface area contributed by atoms with Crippen molar-refractivity contribution in [2.24, 2.45) is 0 Å². The van der Waals surface area contributed by atoms with E-state index in [1.54, 1.807) is 0 Å². The van der Waals surface area contributed by atoms with E-state index in [-0.39, 0.29) is 37.5 Å². The molecule has 0 aliphatic heterocycles. The van der Waals surface area contributed by atoms with Gasteiger partial charge in [0.1, 0.15) is 13.2 Å². The van der Waals surface area contributed by atoms with Crippen molar-refractivity contribution in [3.63, 3.8) is 0 Å². The maximum atomic E-state index is 12.9. The number of unbranched alkanes of at least 4 members (excludes halogenated alkanes) is 38. The van der Waals surface area contributed by atoms with E-state index in [1.165, 1.54) is 225 Å². The van der Waals surface area contributed by atoms with Crippen molar-refractivity contribution in [3.05, 3.63) is 48.6 Å². The summed E-state index contributed by atoms with van der Waals surface area (Å²) in [5, 5.41) is 0. The van der Waals surface area contributed by atoms with Crippen LogP contribution in [0.1, 0.15) is 329 Å². The summed E-state index contributed by atoms with van der Waals surface area (Å²) in [7, 11) is 0. The molecule has 0 saturated heterocycles. The Balaban J connectivity index is 4.37. The van der Waals surface area contributed by atoms with Crippen LogP contribution in [0.5, 0.6) is 0 Å². The van der Waals surface area contributed by atoms with Gasteiger partial charge in [0, 0.05) is 19.3 Å². The van der Waals surface area contributed by atoms with Crippen LogP contribution in [0.3, 0.4) is 0 Å². The molecule has 0 saturated carbocycles. The van der Waals surface area contributed by atoms with Crippen molar-refractivity contribution >= 4 is 17.9 Å². The van der Waals surface area contributed by atoms with Crippen LogP contribution < -0.4 is 0 Å². The molecule has 0 unspecified atom stereocenters. The molecule has 0 rings (SSSR count). The minimum Gasteiger partial charge on any atom is -0.462 e. The fraction of sp³-hybridized carbons (Fsp3) is 0.831. The molecule has 0 fully saturated rings. The molecule has 0 aromatic rings. The smallest absolute Gasteiger partial charge is 0.306 e. The summed E-state index contributed by atoms with van der Waals surface area (Å²) in [6.07, 6.45) is 74.1. The van der Waals surface area contributed by atoms with Crippen LogP contribution in [0.15, 0.2) is 48.6 Å². The predicted molar refractivity (Wildman–Crippen MR) is 307 cm³/mol. The Hall–Kier alpha value is -2.63. The molecule has 0 N–H and O–H groups in total. The highest BCUT2D eigenvalue weighted by Crippen LogP contribution is 2.17. The SMILES string of the molecule is CCCCCC/C=C\CCCCCCCCCC(=O)OC[C@H](COC(=O)CCCCCCCCCCCCCCCCCCCCCCC)OC(=O)CCC/C=C\C/C=C\C/C=C\CCCCCCCC. The minimum atomic E-state index is -0.799. The lowest BCUT2D eigenvalue weighted by Gasteiger charge is -2.18. The third kappa shape index (κ3) is 58.1. The van der Waals surface area contributed by atoms with Gasteiger partial charge in [0.05, 0.1) is 0 Å². The number of allylic oxidation sites excluding steroid dienone is 8. The lowest BCUT2D eigenvalue weighted by Crippen LogP contribution is -2.30. The molecule has 71 heavy (non-hydrogen) atoms. The van der Waals surface area contributed by atoms with Gasteiger partial charge in [-0.05, 0) is 77.0 Å². The fourth-order valence-electron chi connectivity index (χ4n) is 9.10. The van der Waals surface area contributed by atoms with Gasteiger partial charge in [-0.2, -0.15) is 0 Å². The zero-order chi connectivity index (χ0) is 51.4. The van der Waals surface area contributed by atoms with Gasteiger partial charge in [-0.1, -0.05) is 281 Å². The molecule has 6 nitrogen and oxygen atoms in total. The van der Waals surface area contributed by atoms with Gasteiger partial charge in [-0.15, -0.1) is 0 Å². The molecule has 0 spiro atoms. The average Bonchev–Trinajstić information content (AvgIpc) is 3.37. The number of esters is 3. The van der Waals surface area contributed by atoms with E-state index in [0.29, 0.717) is 19.3 Å². The topological polar surface area (TPSA) is 78.9 Å². The quantitative estimate of drug-likeness (QED) is 0.0261. The maximum absolute atomic E-state index is 12.9. The molecular weight excluding hydrogens is 877 g/mol. The zero-order valence-corrected chi connectivity index (χ0v) is 47.5. The van der Waals surface area contributed by atoms with Crippen molar-refractivity contribution in [1.82, 2.24) is 0 Å². The van der Waals surface area contributed by atoms with E-state index in [1.807, 2.05) is 0 Å². The molecular formula is C65H118O6. The first-order chi connectivity index (χ1) is 35.0. The second-order valence-corrected chi connectivity index (χ2v) is 21.0. The van der Waals surface area contributed by atoms with Crippen LogP contribution in [0, 0.1) is 0 Å². The van der Waals surface area contributed by atoms with Gasteiger partial charge in [0.25, 0.3) is 0 Å². The van der Waals surface area contributed by atoms with Gasteiger partial charge >= 0.3 is 17.9 Å². The predicted octanol–water partition coefficient (Wildman–Crippen LogP) is 21.0. The summed E-state index contributed by atoms with van der Waals surface area (Å²) < 4.78 is 16.9. The summed E-state index contributed by atoms with van der Waals surface area (Å²) in [5.74, 6) is -0.930. The summed E-state index contributed by atoms with van der Waals surface area (Å²) in [6, 6.07) is 0. The van der Waals surface area contributed by atoms with Crippen molar-refractivity contribution in [2.45, 2.75) is 335 Å². The molecule has 0 radical (unpaired) electrons. The highest BCUT2D eigenvalue weighted by Gasteiger charge is 2.19. The molecule has 0 bridgehead atoms. The van der Waals surface area contributed by atoms with Crippen LogP contribution in [0.2, 0.25) is 0 Å². The second-order valence-electron chi connectivity index (χ2n) is 21.0. The number of ether oxygens (including phenoxy) is 3. The molecule has 0 aromatic heterocycles. The van der Waals surface area contributed by atoms with Crippen molar-refractivity contribution < 1.29 is 28.6 Å². The van der Waals surface area contributed by atoms with Crippen LogP contribution in [-0.2, 0) is 28.6 Å². The van der Waals surface area contributed by atoms with Crippen LogP contribution >= 0.6 is 0 Å². The number of hydrogen-bond acceptors (Lipinski definition) is 6. The Labute approximate surface area is 441 Å². The lowest BCUT2D eigenvalue weighted by atomic mass is 10.0. The first-order valence-electron chi connectivity index (χ1n) is 31.1. The Morgan fingerprint density at radius 3 is 0.859 bits per heavy atom. The van der Waals surface area contributed by atoms with E-state index in [9.17, 15) is 14.4 Å². The van der Waals surface area contributed by atoms with E-state index in [0.717, 1.165) is 57.8 Å². The molecule has 0 amide bonds. The third-order valence-corrected chi connectivity index (χ3v) is 13.8. The number of hydrogen-bond donors (Lipinski definition) is 0. The Bertz CT molecular complexity index is 1230. The van der Waals surface area contributed by atoms with Crippen molar-refractivity contribution in [3.8, 4) is 0 Å². The highest BCUT2D eigenvalue weighted by atomic mass is 16.6. The monoisotopic (exact) mass is 995 g/mol. The molecule has 0 aliphatic rings. The molecule has 0 aliphatic carbocycles. The van der Waals surface area contributed by atoms with E-state index in [2.05, 4.69) is 69.4 Å². The van der Waals surface area contributed by atoms with Crippen LogP contribution in [0.4, 0.5) is 0 Å². The van der Waals surface area contributed by atoms with Crippen molar-refractivity contribution in [1.29, 1.82) is 0 Å². The first kappa shape index (κ1) is 68.4. The summed E-state index contributed by atoms with van der Waals surface area (Å²) in [4.78, 5) is 38.2. The average molecular weight is 996 g/mol. The second kappa shape index (κ2) is 59.9. The van der Waals surface area contributed by atoms with Crippen LogP contribution in [-0.4, -0.2) is 37.2 Å². The van der Waals surface area contributed by atoms with Gasteiger partial charge in [0.2, 0.25) is 0 Å². The van der Waals surface area contributed by atoms with Crippen molar-refractivity contribution in [2.75, 3.05) is 13.2 Å². The standard InChI is InChI=1S/C65H118O6/c1-4-7-10-13-16-19-22-25-28-30-31-32-33-35-37-40-43-46-49-52-55-58-64(67)70-61-62(60-69-63(66)57-54-51-48-45-42-39-36-27-24-21-18-15-12-9-6-3)71-65(68)59-56-53-50-47-44-41-38-34-29-26-23-20-17-14-11-8-5-2/h21,24,26,29,38,41,47,50,62H,4-20,22-23,25,27-28,30-37,39-40,42-46,48-49,51-61H2,1-3H3/b24-21-,29-26-,41-38-,50-47-/t62-/m1/s1. The van der Waals surface area contributed by atoms with E-state index in [4.69, 9.17) is 14.2 Å². The molecule has 6 heteroatoms. The fourth-order valence-corrected chi connectivity index (χ4v) is 9.10. The van der Waals surface area contributed by atoms with Gasteiger partial charge < -0.3 is 14.2 Å². The number of rotatable bonds is 57.